The summed E-state index contributed by atoms with van der Waals surface area (Å²) in [5, 5.41) is 12.8. The number of nitrogens with one attached hydrogen (secondary N) is 1. The van der Waals surface area contributed by atoms with E-state index in [1.807, 2.05) is 32.0 Å². The van der Waals surface area contributed by atoms with Crippen LogP contribution in [0.3, 0.4) is 0 Å². The van der Waals surface area contributed by atoms with Gasteiger partial charge in [0.2, 0.25) is 0 Å². The van der Waals surface area contributed by atoms with Crippen LogP contribution in [0.5, 0.6) is 0 Å². The zero-order valence-electron chi connectivity index (χ0n) is 10.4. The summed E-state index contributed by atoms with van der Waals surface area (Å²) >= 11 is 9.30. The quantitative estimate of drug-likeness (QED) is 0.834. The molecule has 1 atom stereocenters. The van der Waals surface area contributed by atoms with E-state index in [0.717, 1.165) is 10.0 Å². The molecule has 1 aromatic carbocycles. The highest BCUT2D eigenvalue weighted by atomic mass is 79.9. The van der Waals surface area contributed by atoms with Crippen molar-refractivity contribution in [3.05, 3.63) is 33.3 Å². The molecule has 2 N–H and O–H groups in total. The Labute approximate surface area is 121 Å². The van der Waals surface area contributed by atoms with Crippen molar-refractivity contribution in [1.29, 1.82) is 0 Å². The van der Waals surface area contributed by atoms with Crippen molar-refractivity contribution < 1.29 is 9.90 Å². The maximum Gasteiger partial charge on any atom is 0.320 e. The Morgan fingerprint density at radius 1 is 1.50 bits per heavy atom. The molecule has 0 aromatic heterocycles. The standard InChI is InChI=1S/C13H17BrClNO2/c1-8(2)5-12(13(17)18)16-7-9-3-4-10(14)11(15)6-9/h3-4,6,8,12,16H,5,7H2,1-2H3,(H,17,18). The van der Waals surface area contributed by atoms with E-state index >= 15 is 0 Å². The molecule has 0 aliphatic carbocycles. The fraction of sp³-hybridized carbons (Fsp3) is 0.462. The van der Waals surface area contributed by atoms with Gasteiger partial charge in [-0.2, -0.15) is 0 Å². The third-order valence-electron chi connectivity index (χ3n) is 2.54. The monoisotopic (exact) mass is 333 g/mol. The third kappa shape index (κ3) is 4.96. The van der Waals surface area contributed by atoms with Crippen LogP contribution in [0.15, 0.2) is 22.7 Å². The van der Waals surface area contributed by atoms with E-state index in [0.29, 0.717) is 23.9 Å². The van der Waals surface area contributed by atoms with Gasteiger partial charge in [0.1, 0.15) is 6.04 Å². The molecular formula is C13H17BrClNO2. The Bertz CT molecular complexity index is 423. The van der Waals surface area contributed by atoms with Gasteiger partial charge < -0.3 is 10.4 Å². The Morgan fingerprint density at radius 2 is 2.17 bits per heavy atom. The highest BCUT2D eigenvalue weighted by Crippen LogP contribution is 2.23. The molecule has 1 unspecified atom stereocenters. The highest BCUT2D eigenvalue weighted by molar-refractivity contribution is 9.10. The Hall–Kier alpha value is -0.580. The number of halogens is 2. The summed E-state index contributed by atoms with van der Waals surface area (Å²) in [6, 6.07) is 5.08. The van der Waals surface area contributed by atoms with Crippen LogP contribution in [-0.4, -0.2) is 17.1 Å². The van der Waals surface area contributed by atoms with Crippen molar-refractivity contribution >= 4 is 33.5 Å². The molecule has 1 aromatic rings. The van der Waals surface area contributed by atoms with Crippen LogP contribution < -0.4 is 5.32 Å². The number of hydrogen-bond acceptors (Lipinski definition) is 2. The molecule has 0 saturated carbocycles. The van der Waals surface area contributed by atoms with Crippen LogP contribution in [0, 0.1) is 5.92 Å². The fourth-order valence-electron chi connectivity index (χ4n) is 1.63. The molecule has 0 radical (unpaired) electrons. The third-order valence-corrected chi connectivity index (χ3v) is 3.77. The molecule has 0 spiro atoms. The number of carboxylic acids is 1. The van der Waals surface area contributed by atoms with E-state index in [1.165, 1.54) is 0 Å². The summed E-state index contributed by atoms with van der Waals surface area (Å²) < 4.78 is 0.838. The van der Waals surface area contributed by atoms with Gasteiger partial charge in [-0.25, -0.2) is 0 Å². The zero-order valence-corrected chi connectivity index (χ0v) is 12.8. The largest absolute Gasteiger partial charge is 0.480 e. The first-order chi connectivity index (χ1) is 8.40. The molecule has 0 saturated heterocycles. The molecule has 100 valence electrons. The van der Waals surface area contributed by atoms with E-state index < -0.39 is 12.0 Å². The molecular weight excluding hydrogens is 318 g/mol. The summed E-state index contributed by atoms with van der Waals surface area (Å²) in [6.45, 7) is 4.51. The van der Waals surface area contributed by atoms with E-state index in [9.17, 15) is 4.79 Å². The molecule has 0 aliphatic rings. The predicted molar refractivity (Wildman–Crippen MR) is 76.9 cm³/mol. The average Bonchev–Trinajstić information content (AvgIpc) is 2.28. The SMILES string of the molecule is CC(C)CC(NCc1ccc(Br)c(Cl)c1)C(=O)O. The zero-order chi connectivity index (χ0) is 13.7. The number of benzene rings is 1. The van der Waals surface area contributed by atoms with Crippen molar-refractivity contribution in [2.24, 2.45) is 5.92 Å². The first kappa shape index (κ1) is 15.5. The summed E-state index contributed by atoms with van der Waals surface area (Å²) in [5.74, 6) is -0.473. The van der Waals surface area contributed by atoms with Gasteiger partial charge in [0.15, 0.2) is 0 Å². The van der Waals surface area contributed by atoms with Crippen molar-refractivity contribution in [3.63, 3.8) is 0 Å². The van der Waals surface area contributed by atoms with Crippen molar-refractivity contribution in [2.45, 2.75) is 32.9 Å². The van der Waals surface area contributed by atoms with Gasteiger partial charge in [-0.1, -0.05) is 31.5 Å². The van der Waals surface area contributed by atoms with Gasteiger partial charge in [0, 0.05) is 11.0 Å². The summed E-state index contributed by atoms with van der Waals surface area (Å²) in [4.78, 5) is 11.1. The van der Waals surface area contributed by atoms with Crippen LogP contribution in [0.1, 0.15) is 25.8 Å². The second kappa shape index (κ2) is 7.12. The Morgan fingerprint density at radius 3 is 2.67 bits per heavy atom. The van der Waals surface area contributed by atoms with Crippen LogP contribution in [-0.2, 0) is 11.3 Å². The van der Waals surface area contributed by atoms with Gasteiger partial charge in [-0.05, 0) is 46.0 Å². The molecule has 0 heterocycles. The Kier molecular flexibility index (Phi) is 6.12. The molecule has 18 heavy (non-hydrogen) atoms. The van der Waals surface area contributed by atoms with Gasteiger partial charge in [0.25, 0.3) is 0 Å². The van der Waals surface area contributed by atoms with Crippen LogP contribution >= 0.6 is 27.5 Å². The summed E-state index contributed by atoms with van der Waals surface area (Å²) in [7, 11) is 0. The number of aliphatic carboxylic acids is 1. The van der Waals surface area contributed by atoms with Gasteiger partial charge >= 0.3 is 5.97 Å². The maximum atomic E-state index is 11.1. The minimum Gasteiger partial charge on any atom is -0.480 e. The minimum absolute atomic E-state index is 0.340. The molecule has 0 amide bonds. The number of carbonyl (C=O) groups is 1. The van der Waals surface area contributed by atoms with Crippen molar-refractivity contribution in [3.8, 4) is 0 Å². The maximum absolute atomic E-state index is 11.1. The predicted octanol–water partition coefficient (Wildman–Crippen LogP) is 3.69. The van der Waals surface area contributed by atoms with E-state index in [2.05, 4.69) is 21.2 Å². The summed E-state index contributed by atoms with van der Waals surface area (Å²) in [6.07, 6.45) is 0.611. The fourth-order valence-corrected chi connectivity index (χ4v) is 2.08. The molecule has 0 bridgehead atoms. The van der Waals surface area contributed by atoms with E-state index in [1.54, 1.807) is 0 Å². The Balaban J connectivity index is 2.61. The number of rotatable bonds is 6. The van der Waals surface area contributed by atoms with Crippen molar-refractivity contribution in [2.75, 3.05) is 0 Å². The molecule has 5 heteroatoms. The topological polar surface area (TPSA) is 49.3 Å². The van der Waals surface area contributed by atoms with Crippen LogP contribution in [0.2, 0.25) is 5.02 Å². The summed E-state index contributed by atoms with van der Waals surface area (Å²) in [5.41, 5.74) is 0.971. The lowest BCUT2D eigenvalue weighted by Crippen LogP contribution is -2.37. The number of hydrogen-bond donors (Lipinski definition) is 2. The molecule has 0 fully saturated rings. The van der Waals surface area contributed by atoms with Gasteiger partial charge in [-0.15, -0.1) is 0 Å². The lowest BCUT2D eigenvalue weighted by Gasteiger charge is -2.16. The lowest BCUT2D eigenvalue weighted by atomic mass is 10.0. The normalized spacial score (nSPS) is 12.7. The molecule has 3 nitrogen and oxygen atoms in total. The van der Waals surface area contributed by atoms with Crippen molar-refractivity contribution in [1.82, 2.24) is 5.32 Å². The second-order valence-corrected chi connectivity index (χ2v) is 5.91. The van der Waals surface area contributed by atoms with E-state index in [-0.39, 0.29) is 0 Å². The highest BCUT2D eigenvalue weighted by Gasteiger charge is 2.17. The van der Waals surface area contributed by atoms with E-state index in [4.69, 9.17) is 16.7 Å². The van der Waals surface area contributed by atoms with Crippen LogP contribution in [0.4, 0.5) is 0 Å². The first-order valence-electron chi connectivity index (χ1n) is 5.80. The first-order valence-corrected chi connectivity index (χ1v) is 6.97. The molecule has 1 rings (SSSR count). The smallest absolute Gasteiger partial charge is 0.320 e. The van der Waals surface area contributed by atoms with Gasteiger partial charge in [-0.3, -0.25) is 4.79 Å². The van der Waals surface area contributed by atoms with Crippen LogP contribution in [0.25, 0.3) is 0 Å². The average molecular weight is 335 g/mol. The second-order valence-electron chi connectivity index (χ2n) is 4.65. The number of carboxylic acid groups (broad SMARTS) is 1. The molecule has 0 aliphatic heterocycles. The minimum atomic E-state index is -0.813. The lowest BCUT2D eigenvalue weighted by molar-refractivity contribution is -0.140. The van der Waals surface area contributed by atoms with Gasteiger partial charge in [0.05, 0.1) is 5.02 Å².